The fourth-order valence-corrected chi connectivity index (χ4v) is 2.52. The van der Waals surface area contributed by atoms with Gasteiger partial charge in [0.1, 0.15) is 5.75 Å². The molecule has 22 heavy (non-hydrogen) atoms. The van der Waals surface area contributed by atoms with E-state index in [9.17, 15) is 4.79 Å². The Kier molecular flexibility index (Phi) is 5.78. The van der Waals surface area contributed by atoms with E-state index in [2.05, 4.69) is 28.2 Å². The topological polar surface area (TPSA) is 38.3 Å². The normalized spacial score (nSPS) is 10.7. The van der Waals surface area contributed by atoms with Gasteiger partial charge in [-0.05, 0) is 63.8 Å². The van der Waals surface area contributed by atoms with Gasteiger partial charge in [0.15, 0.2) is 0 Å². The van der Waals surface area contributed by atoms with Crippen LogP contribution in [0.4, 0.5) is 5.69 Å². The van der Waals surface area contributed by atoms with E-state index in [4.69, 9.17) is 4.74 Å². The third-order valence-corrected chi connectivity index (χ3v) is 3.85. The number of benzene rings is 2. The van der Waals surface area contributed by atoms with E-state index in [1.165, 1.54) is 11.6 Å². The number of methoxy groups -OCH3 is 1. The molecule has 4 heteroatoms. The molecule has 0 unspecified atom stereocenters. The fourth-order valence-electron chi connectivity index (χ4n) is 1.97. The minimum absolute atomic E-state index is 0.156. The first kappa shape index (κ1) is 16.3. The number of hydrogen-bond acceptors (Lipinski definition) is 2. The van der Waals surface area contributed by atoms with Gasteiger partial charge in [-0.15, -0.1) is 0 Å². The molecule has 0 radical (unpaired) electrons. The number of rotatable bonds is 5. The molecule has 3 nitrogen and oxygen atoms in total. The zero-order valence-electron chi connectivity index (χ0n) is 12.6. The van der Waals surface area contributed by atoms with E-state index in [0.717, 1.165) is 27.9 Å². The molecule has 2 rings (SSSR count). The van der Waals surface area contributed by atoms with Gasteiger partial charge in [-0.25, -0.2) is 0 Å². The molecule has 0 spiro atoms. The van der Waals surface area contributed by atoms with Crippen LogP contribution in [0.2, 0.25) is 0 Å². The van der Waals surface area contributed by atoms with Crippen LogP contribution in [-0.2, 0) is 11.2 Å². The van der Waals surface area contributed by atoms with Crippen LogP contribution in [0.5, 0.6) is 5.75 Å². The molecule has 114 valence electrons. The van der Waals surface area contributed by atoms with Crippen molar-refractivity contribution in [3.05, 3.63) is 64.1 Å². The largest absolute Gasteiger partial charge is 0.496 e. The molecule has 0 fully saturated rings. The second-order valence-electron chi connectivity index (χ2n) is 4.77. The number of amides is 1. The summed E-state index contributed by atoms with van der Waals surface area (Å²) in [5.41, 5.74) is 2.96. The summed E-state index contributed by atoms with van der Waals surface area (Å²) >= 11 is 3.42. The predicted octanol–water partition coefficient (Wildman–Crippen LogP) is 4.67. The Bertz CT molecular complexity index is 678. The van der Waals surface area contributed by atoms with Gasteiger partial charge in [-0.3, -0.25) is 4.79 Å². The maximum atomic E-state index is 11.9. The maximum absolute atomic E-state index is 11.9. The quantitative estimate of drug-likeness (QED) is 0.787. The Morgan fingerprint density at radius 2 is 1.95 bits per heavy atom. The van der Waals surface area contributed by atoms with Crippen molar-refractivity contribution in [1.29, 1.82) is 0 Å². The third-order valence-electron chi connectivity index (χ3n) is 3.23. The second-order valence-corrected chi connectivity index (χ2v) is 5.62. The Hall–Kier alpha value is -2.07. The first-order chi connectivity index (χ1) is 10.6. The molecule has 2 aromatic rings. The van der Waals surface area contributed by atoms with E-state index < -0.39 is 0 Å². The SMILES string of the molecule is CCc1ccc(NC(=O)C=Cc2ccc(OC)c(Br)c2)cc1. The average molecular weight is 360 g/mol. The lowest BCUT2D eigenvalue weighted by atomic mass is 10.1. The summed E-state index contributed by atoms with van der Waals surface area (Å²) in [6.07, 6.45) is 4.27. The monoisotopic (exact) mass is 359 g/mol. The van der Waals surface area contributed by atoms with Crippen molar-refractivity contribution in [2.75, 3.05) is 12.4 Å². The predicted molar refractivity (Wildman–Crippen MR) is 94.2 cm³/mol. The van der Waals surface area contributed by atoms with Crippen LogP contribution >= 0.6 is 15.9 Å². The van der Waals surface area contributed by atoms with E-state index in [0.29, 0.717) is 0 Å². The number of nitrogens with one attached hydrogen (secondary N) is 1. The second kappa shape index (κ2) is 7.80. The number of ether oxygens (including phenoxy) is 1. The molecule has 2 aromatic carbocycles. The standard InChI is InChI=1S/C18H18BrNO2/c1-3-13-4-8-15(9-5-13)20-18(21)11-7-14-6-10-17(22-2)16(19)12-14/h4-12H,3H2,1-2H3,(H,20,21). The molecule has 0 atom stereocenters. The van der Waals surface area contributed by atoms with Crippen LogP contribution in [0.15, 0.2) is 53.0 Å². The number of carbonyl (C=O) groups is 1. The summed E-state index contributed by atoms with van der Waals surface area (Å²) in [5.74, 6) is 0.605. The molecule has 0 saturated carbocycles. The summed E-state index contributed by atoms with van der Waals surface area (Å²) in [4.78, 5) is 11.9. The molecule has 0 aliphatic rings. The number of aryl methyl sites for hydroxylation is 1. The lowest BCUT2D eigenvalue weighted by Crippen LogP contribution is -2.07. The summed E-state index contributed by atoms with van der Waals surface area (Å²) in [6, 6.07) is 13.5. The van der Waals surface area contributed by atoms with Gasteiger partial charge < -0.3 is 10.1 Å². The average Bonchev–Trinajstić information content (AvgIpc) is 2.54. The van der Waals surface area contributed by atoms with Crippen LogP contribution in [0.3, 0.4) is 0 Å². The summed E-state index contributed by atoms with van der Waals surface area (Å²) in [7, 11) is 1.62. The molecule has 0 aromatic heterocycles. The molecule has 0 saturated heterocycles. The highest BCUT2D eigenvalue weighted by atomic mass is 79.9. The van der Waals surface area contributed by atoms with Crippen molar-refractivity contribution in [2.24, 2.45) is 0 Å². The Balaban J connectivity index is 1.99. The van der Waals surface area contributed by atoms with Crippen LogP contribution in [-0.4, -0.2) is 13.0 Å². The Morgan fingerprint density at radius 3 is 2.55 bits per heavy atom. The molecule has 1 amide bonds. The van der Waals surface area contributed by atoms with Crippen molar-refractivity contribution in [3.63, 3.8) is 0 Å². The first-order valence-corrected chi connectivity index (χ1v) is 7.83. The third kappa shape index (κ3) is 4.46. The summed E-state index contributed by atoms with van der Waals surface area (Å²) in [5, 5.41) is 2.84. The van der Waals surface area contributed by atoms with Crippen molar-refractivity contribution in [2.45, 2.75) is 13.3 Å². The van der Waals surface area contributed by atoms with Gasteiger partial charge in [-0.2, -0.15) is 0 Å². The molecular weight excluding hydrogens is 342 g/mol. The molecule has 0 aliphatic carbocycles. The summed E-state index contributed by atoms with van der Waals surface area (Å²) in [6.45, 7) is 2.10. The van der Waals surface area contributed by atoms with Crippen molar-refractivity contribution in [3.8, 4) is 5.75 Å². The molecule has 0 aliphatic heterocycles. The van der Waals surface area contributed by atoms with Crippen molar-refractivity contribution >= 4 is 33.6 Å². The Labute approximate surface area is 139 Å². The Morgan fingerprint density at radius 1 is 1.23 bits per heavy atom. The zero-order chi connectivity index (χ0) is 15.9. The van der Waals surface area contributed by atoms with Gasteiger partial charge in [0.05, 0.1) is 11.6 Å². The zero-order valence-corrected chi connectivity index (χ0v) is 14.2. The van der Waals surface area contributed by atoms with E-state index in [1.54, 1.807) is 13.2 Å². The van der Waals surface area contributed by atoms with Gasteiger partial charge in [0.25, 0.3) is 0 Å². The number of anilines is 1. The van der Waals surface area contributed by atoms with Gasteiger partial charge >= 0.3 is 0 Å². The van der Waals surface area contributed by atoms with Gasteiger partial charge in [-0.1, -0.05) is 25.1 Å². The van der Waals surface area contributed by atoms with Crippen LogP contribution in [0, 0.1) is 0 Å². The maximum Gasteiger partial charge on any atom is 0.248 e. The number of hydrogen-bond donors (Lipinski definition) is 1. The molecule has 1 N–H and O–H groups in total. The highest BCUT2D eigenvalue weighted by Gasteiger charge is 2.01. The highest BCUT2D eigenvalue weighted by molar-refractivity contribution is 9.10. The van der Waals surface area contributed by atoms with E-state index >= 15 is 0 Å². The smallest absolute Gasteiger partial charge is 0.248 e. The highest BCUT2D eigenvalue weighted by Crippen LogP contribution is 2.25. The molecule has 0 heterocycles. The fraction of sp³-hybridized carbons (Fsp3) is 0.167. The van der Waals surface area contributed by atoms with Crippen LogP contribution in [0.25, 0.3) is 6.08 Å². The number of carbonyl (C=O) groups excluding carboxylic acids is 1. The van der Waals surface area contributed by atoms with Crippen molar-refractivity contribution in [1.82, 2.24) is 0 Å². The molecular formula is C18H18BrNO2. The summed E-state index contributed by atoms with van der Waals surface area (Å²) < 4.78 is 6.03. The van der Waals surface area contributed by atoms with Crippen LogP contribution in [0.1, 0.15) is 18.1 Å². The minimum Gasteiger partial charge on any atom is -0.496 e. The van der Waals surface area contributed by atoms with E-state index in [-0.39, 0.29) is 5.91 Å². The minimum atomic E-state index is -0.156. The van der Waals surface area contributed by atoms with Gasteiger partial charge in [0, 0.05) is 11.8 Å². The van der Waals surface area contributed by atoms with Crippen molar-refractivity contribution < 1.29 is 9.53 Å². The lowest BCUT2D eigenvalue weighted by molar-refractivity contribution is -0.111. The van der Waals surface area contributed by atoms with Gasteiger partial charge in [0.2, 0.25) is 5.91 Å². The molecule has 0 bridgehead atoms. The number of halogens is 1. The van der Waals surface area contributed by atoms with E-state index in [1.807, 2.05) is 42.5 Å². The van der Waals surface area contributed by atoms with Crippen LogP contribution < -0.4 is 10.1 Å². The lowest BCUT2D eigenvalue weighted by Gasteiger charge is -2.04. The first-order valence-electron chi connectivity index (χ1n) is 7.04.